The van der Waals surface area contributed by atoms with Crippen LogP contribution in [0.2, 0.25) is 18.6 Å². The second kappa shape index (κ2) is 8.30. The largest absolute Gasteiger partial charge is 0.432 e. The molecule has 30 heavy (non-hydrogen) atoms. The monoisotopic (exact) mass is 445 g/mol. The molecule has 2 N–H and O–H groups in total. The third kappa shape index (κ3) is 5.21. The summed E-state index contributed by atoms with van der Waals surface area (Å²) in [6.07, 6.45) is -0.656. The molecule has 1 aromatic heterocycles. The van der Waals surface area contributed by atoms with Crippen LogP contribution in [0.25, 0.3) is 10.9 Å². The Morgan fingerprint density at radius 1 is 1.03 bits per heavy atom. The molecule has 162 valence electrons. The topological polar surface area (TPSA) is 79.5 Å². The van der Waals surface area contributed by atoms with Crippen molar-refractivity contribution in [3.63, 3.8) is 0 Å². The van der Waals surface area contributed by atoms with Crippen molar-refractivity contribution in [3.8, 4) is 0 Å². The smallest absolute Gasteiger partial charge is 0.268 e. The molecule has 0 aliphatic carbocycles. The lowest BCUT2D eigenvalue weighted by molar-refractivity contribution is 0.187. The van der Waals surface area contributed by atoms with Crippen molar-refractivity contribution in [2.75, 3.05) is 0 Å². The van der Waals surface area contributed by atoms with Gasteiger partial charge in [0.15, 0.2) is 8.32 Å². The van der Waals surface area contributed by atoms with E-state index in [-0.39, 0.29) is 16.7 Å². The van der Waals surface area contributed by atoms with Gasteiger partial charge in [-0.25, -0.2) is 12.4 Å². The third-order valence-corrected chi connectivity index (χ3v) is 10.0. The normalized spacial score (nSPS) is 15.8. The summed E-state index contributed by atoms with van der Waals surface area (Å²) in [5, 5.41) is 11.6. The highest BCUT2D eigenvalue weighted by molar-refractivity contribution is 7.90. The quantitative estimate of drug-likeness (QED) is 0.529. The molecule has 2 atom stereocenters. The lowest BCUT2D eigenvalue weighted by Gasteiger charge is -2.30. The molecule has 0 spiro atoms. The Morgan fingerprint density at radius 2 is 1.63 bits per heavy atom. The van der Waals surface area contributed by atoms with Crippen molar-refractivity contribution in [3.05, 3.63) is 66.4 Å². The van der Waals surface area contributed by atoms with Gasteiger partial charge in [0.05, 0.1) is 16.5 Å². The van der Waals surface area contributed by atoms with Crippen LogP contribution in [0.3, 0.4) is 0 Å². The molecule has 0 fully saturated rings. The summed E-state index contributed by atoms with van der Waals surface area (Å²) in [6.45, 7) is 8.08. The zero-order valence-electron chi connectivity index (χ0n) is 18.0. The van der Waals surface area contributed by atoms with Gasteiger partial charge in [-0.3, -0.25) is 0 Å². The summed E-state index contributed by atoms with van der Waals surface area (Å²) in [6, 6.07) is 18.4. The fourth-order valence-corrected chi connectivity index (χ4v) is 9.51. The molecule has 5 nitrogen and oxygen atoms in total. The van der Waals surface area contributed by atoms with Crippen LogP contribution in [0.1, 0.15) is 26.5 Å². The van der Waals surface area contributed by atoms with Gasteiger partial charge < -0.3 is 9.90 Å². The summed E-state index contributed by atoms with van der Waals surface area (Å²) in [5.41, 5.74) is 1.08. The number of aromatic nitrogens is 1. The predicted octanol–water partition coefficient (Wildman–Crippen LogP) is 4.40. The van der Waals surface area contributed by atoms with Crippen LogP contribution in [0.5, 0.6) is 0 Å². The second-order valence-electron chi connectivity index (χ2n) is 9.57. The zero-order valence-corrected chi connectivity index (χ0v) is 19.9. The van der Waals surface area contributed by atoms with Crippen LogP contribution in [0.4, 0.5) is 0 Å². The Bertz CT molecular complexity index is 1120. The molecular formula is C23H31NO4SSi. The zero-order chi connectivity index (χ0) is 22.2. The second-order valence-corrected chi connectivity index (χ2v) is 15.1. The molecule has 0 saturated heterocycles. The molecule has 3 aromatic rings. The fraction of sp³-hybridized carbons (Fsp3) is 0.391. The number of nitrogens with zero attached hydrogens (tertiary/aromatic N) is 1. The van der Waals surface area contributed by atoms with Gasteiger partial charge >= 0.3 is 0 Å². The van der Waals surface area contributed by atoms with E-state index in [2.05, 4.69) is 20.8 Å². The van der Waals surface area contributed by atoms with Crippen LogP contribution >= 0.6 is 0 Å². The summed E-state index contributed by atoms with van der Waals surface area (Å²) in [5.74, 6) is 0. The Balaban J connectivity index is 1.98. The average molecular weight is 446 g/mol. The van der Waals surface area contributed by atoms with Crippen molar-refractivity contribution < 1.29 is 18.3 Å². The average Bonchev–Trinajstić information content (AvgIpc) is 2.98. The van der Waals surface area contributed by atoms with Crippen LogP contribution in [-0.2, 0) is 16.4 Å². The first kappa shape index (κ1) is 22.7. The van der Waals surface area contributed by atoms with Gasteiger partial charge in [-0.15, -0.1) is 0 Å². The highest BCUT2D eigenvalue weighted by Gasteiger charge is 2.34. The molecule has 1 heterocycles. The minimum atomic E-state index is -3.82. The van der Waals surface area contributed by atoms with E-state index in [1.165, 1.54) is 3.97 Å². The summed E-state index contributed by atoms with van der Waals surface area (Å²) >= 11 is 0. The van der Waals surface area contributed by atoms with Gasteiger partial charge in [-0.2, -0.15) is 0 Å². The lowest BCUT2D eigenvalue weighted by atomic mass is 10.0. The first-order valence-corrected chi connectivity index (χ1v) is 14.5. The number of aliphatic hydroxyl groups excluding tert-OH is 1. The fourth-order valence-electron chi connectivity index (χ4n) is 4.35. The molecule has 7 heteroatoms. The van der Waals surface area contributed by atoms with Crippen LogP contribution in [0, 0.1) is 5.41 Å². The van der Waals surface area contributed by atoms with E-state index < -0.39 is 24.4 Å². The molecular weight excluding hydrogens is 414 g/mol. The van der Waals surface area contributed by atoms with Crippen LogP contribution in [-0.4, -0.2) is 36.7 Å². The molecule has 2 aromatic carbocycles. The number of para-hydroxylation sites is 1. The van der Waals surface area contributed by atoms with Gasteiger partial charge in [0.1, 0.15) is 0 Å². The van der Waals surface area contributed by atoms with E-state index in [9.17, 15) is 18.3 Å². The minimum Gasteiger partial charge on any atom is -0.432 e. The highest BCUT2D eigenvalue weighted by Crippen LogP contribution is 2.31. The van der Waals surface area contributed by atoms with Crippen LogP contribution in [0.15, 0.2) is 65.6 Å². The summed E-state index contributed by atoms with van der Waals surface area (Å²) < 4.78 is 28.2. The number of rotatable bonds is 7. The standard InChI is InChI=1S/C23H31NO4SSi/c1-23(2,3)17-30(4,28)16-20(25)15-19-14-18-10-8-9-13-22(18)24(19)29(26,27)21-11-6-5-7-12-21/h5-14,20,25,28H,15-17H2,1-4H3/t20-,30?/m1/s1. The van der Waals surface area contributed by atoms with Crippen molar-refractivity contribution in [1.29, 1.82) is 0 Å². The Morgan fingerprint density at radius 3 is 2.27 bits per heavy atom. The number of benzene rings is 2. The maximum absolute atomic E-state index is 13.4. The van der Waals surface area contributed by atoms with E-state index in [1.54, 1.807) is 42.5 Å². The van der Waals surface area contributed by atoms with Crippen molar-refractivity contribution in [1.82, 2.24) is 3.97 Å². The number of aliphatic hydroxyl groups is 1. The molecule has 0 aliphatic rings. The Hall–Kier alpha value is -1.93. The van der Waals surface area contributed by atoms with E-state index in [1.807, 2.05) is 24.7 Å². The Kier molecular flexibility index (Phi) is 6.29. The van der Waals surface area contributed by atoms with Crippen molar-refractivity contribution in [2.24, 2.45) is 5.41 Å². The molecule has 0 amide bonds. The summed E-state index contributed by atoms with van der Waals surface area (Å²) in [4.78, 5) is 11.1. The molecule has 3 rings (SSSR count). The molecule has 0 saturated carbocycles. The summed E-state index contributed by atoms with van der Waals surface area (Å²) in [7, 11) is -6.45. The number of hydrogen-bond acceptors (Lipinski definition) is 4. The van der Waals surface area contributed by atoms with Gasteiger partial charge in [-0.1, -0.05) is 57.2 Å². The maximum atomic E-state index is 13.4. The van der Waals surface area contributed by atoms with Crippen molar-refractivity contribution in [2.45, 2.75) is 56.8 Å². The maximum Gasteiger partial charge on any atom is 0.268 e. The van der Waals surface area contributed by atoms with Crippen LogP contribution < -0.4 is 0 Å². The number of hydrogen-bond donors (Lipinski definition) is 2. The lowest BCUT2D eigenvalue weighted by Crippen LogP contribution is -2.39. The number of fused-ring (bicyclic) bond motifs is 1. The van der Waals surface area contributed by atoms with E-state index >= 15 is 0 Å². The SMILES string of the molecule is CC(C)(C)C[Si](C)(O)C[C@H](O)Cc1cc2ccccc2n1S(=O)(=O)c1ccccc1. The molecule has 0 aliphatic heterocycles. The molecule has 1 unspecified atom stereocenters. The minimum absolute atomic E-state index is 0.0268. The molecule has 0 radical (unpaired) electrons. The van der Waals surface area contributed by atoms with Gasteiger partial charge in [0, 0.05) is 17.5 Å². The third-order valence-electron chi connectivity index (χ3n) is 5.05. The van der Waals surface area contributed by atoms with E-state index in [4.69, 9.17) is 0 Å². The Labute approximate surface area is 180 Å². The van der Waals surface area contributed by atoms with Gasteiger partial charge in [0.25, 0.3) is 10.0 Å². The predicted molar refractivity (Wildman–Crippen MR) is 124 cm³/mol. The van der Waals surface area contributed by atoms with Gasteiger partial charge in [0.2, 0.25) is 0 Å². The van der Waals surface area contributed by atoms with Gasteiger partial charge in [-0.05, 0) is 48.3 Å². The first-order valence-electron chi connectivity index (χ1n) is 10.2. The van der Waals surface area contributed by atoms with E-state index in [0.717, 1.165) is 5.39 Å². The first-order chi connectivity index (χ1) is 13.9. The molecule has 0 bridgehead atoms. The highest BCUT2D eigenvalue weighted by atomic mass is 32.2. The van der Waals surface area contributed by atoms with E-state index in [0.29, 0.717) is 23.3 Å². The van der Waals surface area contributed by atoms with Crippen molar-refractivity contribution >= 4 is 29.2 Å².